The number of rotatable bonds is 4. The van der Waals surface area contributed by atoms with Gasteiger partial charge in [0.2, 0.25) is 5.95 Å². The molecule has 0 aliphatic carbocycles. The van der Waals surface area contributed by atoms with Gasteiger partial charge in [-0.05, 0) is 12.8 Å². The summed E-state index contributed by atoms with van der Waals surface area (Å²) in [5.41, 5.74) is 0.0524. The topological polar surface area (TPSA) is 62.1 Å². The lowest BCUT2D eigenvalue weighted by Gasteiger charge is -2.34. The first-order valence-corrected chi connectivity index (χ1v) is 8.36. The summed E-state index contributed by atoms with van der Waals surface area (Å²) in [6, 6.07) is 0.913. The Morgan fingerprint density at radius 3 is 2.65 bits per heavy atom. The van der Waals surface area contributed by atoms with Crippen LogP contribution in [0.2, 0.25) is 0 Å². The van der Waals surface area contributed by atoms with Crippen molar-refractivity contribution in [2.45, 2.75) is 25.1 Å². The molecule has 0 bridgehead atoms. The fraction of sp³-hybridized carbons (Fsp3) is 0.562. The lowest BCUT2D eigenvalue weighted by Crippen LogP contribution is -2.42. The molecule has 3 rings (SSSR count). The van der Waals surface area contributed by atoms with Crippen LogP contribution in [0.4, 0.5) is 30.6 Å². The first kappa shape index (κ1) is 18.3. The van der Waals surface area contributed by atoms with Crippen LogP contribution in [0.25, 0.3) is 0 Å². The summed E-state index contributed by atoms with van der Waals surface area (Å²) in [5, 5.41) is 7.25. The van der Waals surface area contributed by atoms with Crippen LogP contribution >= 0.6 is 0 Å². The average Bonchev–Trinajstić information content (AvgIpc) is 3.00. The molecule has 26 heavy (non-hydrogen) atoms. The van der Waals surface area contributed by atoms with Gasteiger partial charge in [0.15, 0.2) is 5.69 Å². The van der Waals surface area contributed by atoms with Gasteiger partial charge in [0.1, 0.15) is 5.82 Å². The third-order valence-corrected chi connectivity index (χ3v) is 4.27. The molecule has 142 valence electrons. The number of alkyl halides is 3. The van der Waals surface area contributed by atoms with Crippen LogP contribution in [-0.4, -0.2) is 53.0 Å². The molecule has 3 heterocycles. The fourth-order valence-corrected chi connectivity index (χ4v) is 2.96. The Balaban J connectivity index is 1.78. The molecule has 0 aromatic carbocycles. The quantitative estimate of drug-likeness (QED) is 0.893. The second-order valence-corrected chi connectivity index (χ2v) is 6.63. The summed E-state index contributed by atoms with van der Waals surface area (Å²) in [6.07, 6.45) is 0.957. The van der Waals surface area contributed by atoms with E-state index in [1.807, 2.05) is 13.2 Å². The maximum atomic E-state index is 13.1. The van der Waals surface area contributed by atoms with Crippen LogP contribution in [0.1, 0.15) is 18.5 Å². The van der Waals surface area contributed by atoms with E-state index in [1.54, 1.807) is 25.0 Å². The fourth-order valence-electron chi connectivity index (χ4n) is 2.96. The Kier molecular flexibility index (Phi) is 4.92. The second-order valence-electron chi connectivity index (χ2n) is 6.63. The molecular formula is C16H22F3N7. The van der Waals surface area contributed by atoms with Gasteiger partial charge in [-0.3, -0.25) is 4.68 Å². The Labute approximate surface area is 149 Å². The molecule has 1 aliphatic rings. The Morgan fingerprint density at radius 1 is 1.27 bits per heavy atom. The van der Waals surface area contributed by atoms with E-state index < -0.39 is 11.9 Å². The molecule has 1 aliphatic heterocycles. The van der Waals surface area contributed by atoms with Crippen LogP contribution in [0.3, 0.4) is 0 Å². The molecule has 7 nitrogen and oxygen atoms in total. The number of hydrogen-bond acceptors (Lipinski definition) is 6. The van der Waals surface area contributed by atoms with Crippen molar-refractivity contribution < 1.29 is 13.2 Å². The maximum absolute atomic E-state index is 13.1. The van der Waals surface area contributed by atoms with E-state index in [-0.39, 0.29) is 17.8 Å². The molecule has 1 atom stereocenters. The van der Waals surface area contributed by atoms with E-state index in [0.717, 1.165) is 31.1 Å². The van der Waals surface area contributed by atoms with Gasteiger partial charge in [-0.25, -0.2) is 4.98 Å². The Bertz CT molecular complexity index is 757. The molecule has 0 radical (unpaired) electrons. The lowest BCUT2D eigenvalue weighted by molar-refractivity contribution is -0.141. The number of nitrogens with zero attached hydrogens (tertiary/aromatic N) is 6. The maximum Gasteiger partial charge on any atom is 0.433 e. The lowest BCUT2D eigenvalue weighted by atomic mass is 10.1. The molecule has 2 aromatic rings. The molecule has 10 heteroatoms. The van der Waals surface area contributed by atoms with Crippen molar-refractivity contribution in [1.29, 1.82) is 0 Å². The van der Waals surface area contributed by atoms with Gasteiger partial charge in [-0.2, -0.15) is 23.3 Å². The van der Waals surface area contributed by atoms with Crippen molar-refractivity contribution in [2.24, 2.45) is 7.05 Å². The molecule has 1 N–H and O–H groups in total. The predicted molar refractivity (Wildman–Crippen MR) is 93.4 cm³/mol. The van der Waals surface area contributed by atoms with E-state index in [2.05, 4.69) is 25.3 Å². The first-order valence-electron chi connectivity index (χ1n) is 8.36. The van der Waals surface area contributed by atoms with E-state index in [9.17, 15) is 13.2 Å². The second kappa shape index (κ2) is 7.00. The molecular weight excluding hydrogens is 347 g/mol. The number of halogens is 3. The van der Waals surface area contributed by atoms with Gasteiger partial charge in [0.25, 0.3) is 0 Å². The highest BCUT2D eigenvalue weighted by molar-refractivity contribution is 5.46. The minimum absolute atomic E-state index is 0.00145. The molecule has 1 unspecified atom stereocenters. The van der Waals surface area contributed by atoms with Crippen molar-refractivity contribution in [2.75, 3.05) is 42.3 Å². The van der Waals surface area contributed by atoms with Gasteiger partial charge < -0.3 is 15.1 Å². The highest BCUT2D eigenvalue weighted by atomic mass is 19.4. The molecule has 0 saturated carbocycles. The van der Waals surface area contributed by atoms with Crippen LogP contribution in [0.5, 0.6) is 0 Å². The largest absolute Gasteiger partial charge is 0.433 e. The minimum atomic E-state index is -4.52. The van der Waals surface area contributed by atoms with Crippen molar-refractivity contribution in [1.82, 2.24) is 19.7 Å². The Hall–Kier alpha value is -2.52. The van der Waals surface area contributed by atoms with E-state index in [1.165, 1.54) is 4.90 Å². The molecule has 2 aromatic heterocycles. The van der Waals surface area contributed by atoms with Crippen LogP contribution in [0.15, 0.2) is 18.5 Å². The van der Waals surface area contributed by atoms with Crippen molar-refractivity contribution >= 4 is 17.5 Å². The number of aryl methyl sites for hydroxylation is 1. The zero-order chi connectivity index (χ0) is 18.9. The number of nitrogens with one attached hydrogen (secondary N) is 1. The molecule has 1 saturated heterocycles. The van der Waals surface area contributed by atoms with Gasteiger partial charge in [0.05, 0.1) is 11.9 Å². The summed E-state index contributed by atoms with van der Waals surface area (Å²) in [5.74, 6) is 0.219. The third kappa shape index (κ3) is 4.17. The minimum Gasteiger partial charge on any atom is -0.367 e. The Morgan fingerprint density at radius 2 is 2.04 bits per heavy atom. The van der Waals surface area contributed by atoms with E-state index >= 15 is 0 Å². The van der Waals surface area contributed by atoms with Crippen LogP contribution < -0.4 is 15.1 Å². The summed E-state index contributed by atoms with van der Waals surface area (Å²) in [6.45, 7) is 1.54. The average molecular weight is 369 g/mol. The van der Waals surface area contributed by atoms with E-state index in [0.29, 0.717) is 6.54 Å². The van der Waals surface area contributed by atoms with Crippen LogP contribution in [0, 0.1) is 0 Å². The van der Waals surface area contributed by atoms with Crippen LogP contribution in [-0.2, 0) is 13.2 Å². The van der Waals surface area contributed by atoms with Gasteiger partial charge in [0, 0.05) is 52.5 Å². The summed E-state index contributed by atoms with van der Waals surface area (Å²) in [4.78, 5) is 11.6. The standard InChI is InChI=1S/C16H22F3N7/c1-24(2)14-7-13(16(17,18)19)22-15(23-14)21-11-5-4-6-26(9-11)12-8-20-25(3)10-12/h7-8,10-11H,4-6,9H2,1-3H3,(H,21,22,23). The van der Waals surface area contributed by atoms with Gasteiger partial charge >= 0.3 is 6.18 Å². The van der Waals surface area contributed by atoms with Gasteiger partial charge in [-0.1, -0.05) is 0 Å². The highest BCUT2D eigenvalue weighted by Gasteiger charge is 2.34. The van der Waals surface area contributed by atoms with Gasteiger partial charge in [-0.15, -0.1) is 0 Å². The monoisotopic (exact) mass is 369 g/mol. The first-order chi connectivity index (χ1) is 12.2. The number of piperidine rings is 1. The predicted octanol–water partition coefficient (Wildman–Crippen LogP) is 2.38. The summed E-state index contributed by atoms with van der Waals surface area (Å²) < 4.78 is 41.1. The SMILES string of the molecule is CN(C)c1cc(C(F)(F)F)nc(NC2CCCN(c3cnn(C)c3)C2)n1. The normalized spacial score (nSPS) is 18.1. The molecule has 0 spiro atoms. The number of hydrogen-bond donors (Lipinski definition) is 1. The smallest absolute Gasteiger partial charge is 0.367 e. The van der Waals surface area contributed by atoms with E-state index in [4.69, 9.17) is 0 Å². The van der Waals surface area contributed by atoms with Crippen molar-refractivity contribution in [3.8, 4) is 0 Å². The number of aromatic nitrogens is 4. The van der Waals surface area contributed by atoms with Crippen molar-refractivity contribution in [3.05, 3.63) is 24.2 Å². The molecule has 0 amide bonds. The highest BCUT2D eigenvalue weighted by Crippen LogP contribution is 2.30. The molecule has 1 fully saturated rings. The zero-order valence-electron chi connectivity index (χ0n) is 15.0. The number of anilines is 3. The van der Waals surface area contributed by atoms with Crippen molar-refractivity contribution in [3.63, 3.8) is 0 Å². The third-order valence-electron chi connectivity index (χ3n) is 4.27. The summed E-state index contributed by atoms with van der Waals surface area (Å²) in [7, 11) is 5.15. The zero-order valence-corrected chi connectivity index (χ0v) is 15.0. The summed E-state index contributed by atoms with van der Waals surface area (Å²) >= 11 is 0.